The zero-order chi connectivity index (χ0) is 12.4. The molecular formula is C13H14BrN3. The molecule has 0 aliphatic carbocycles. The molecule has 1 aromatic heterocycles. The maximum Gasteiger partial charge on any atom is 0.133 e. The van der Waals surface area contributed by atoms with Crippen LogP contribution < -0.4 is 10.6 Å². The Bertz CT molecular complexity index is 540. The molecule has 3 nitrogen and oxygen atoms in total. The monoisotopic (exact) mass is 291 g/mol. The molecule has 1 heterocycles. The highest BCUT2D eigenvalue weighted by atomic mass is 79.9. The molecule has 88 valence electrons. The van der Waals surface area contributed by atoms with Crippen molar-refractivity contribution in [2.45, 2.75) is 6.92 Å². The van der Waals surface area contributed by atoms with E-state index in [-0.39, 0.29) is 0 Å². The number of rotatable bonds is 2. The molecule has 0 radical (unpaired) electrons. The molecule has 0 unspecified atom stereocenters. The topological polar surface area (TPSA) is 42.2 Å². The quantitative estimate of drug-likeness (QED) is 0.921. The van der Waals surface area contributed by atoms with Crippen molar-refractivity contribution in [2.24, 2.45) is 0 Å². The summed E-state index contributed by atoms with van der Waals surface area (Å²) in [5, 5.41) is 0. The van der Waals surface area contributed by atoms with Gasteiger partial charge in [-0.2, -0.15) is 0 Å². The van der Waals surface area contributed by atoms with Crippen molar-refractivity contribution >= 4 is 33.1 Å². The first-order chi connectivity index (χ1) is 8.09. The number of anilines is 3. The van der Waals surface area contributed by atoms with Crippen LogP contribution in [0.15, 0.2) is 40.9 Å². The van der Waals surface area contributed by atoms with E-state index in [1.807, 2.05) is 55.3 Å². The fraction of sp³-hybridized carbons (Fsp3) is 0.154. The molecule has 0 fully saturated rings. The highest BCUT2D eigenvalue weighted by Gasteiger charge is 2.09. The molecule has 0 aliphatic rings. The summed E-state index contributed by atoms with van der Waals surface area (Å²) in [6, 6.07) is 11.8. The third kappa shape index (κ3) is 2.42. The number of halogens is 1. The summed E-state index contributed by atoms with van der Waals surface area (Å²) in [4.78, 5) is 6.49. The summed E-state index contributed by atoms with van der Waals surface area (Å²) >= 11 is 3.53. The highest BCUT2D eigenvalue weighted by molar-refractivity contribution is 9.10. The lowest BCUT2D eigenvalue weighted by Gasteiger charge is -2.20. The highest BCUT2D eigenvalue weighted by Crippen LogP contribution is 2.29. The fourth-order valence-corrected chi connectivity index (χ4v) is 2.14. The average Bonchev–Trinajstić information content (AvgIpc) is 2.32. The number of nitrogens with two attached hydrogens (primary N) is 1. The number of aryl methyl sites for hydroxylation is 1. The van der Waals surface area contributed by atoms with Crippen LogP contribution in [-0.2, 0) is 0 Å². The second kappa shape index (κ2) is 4.75. The van der Waals surface area contributed by atoms with Crippen molar-refractivity contribution in [3.63, 3.8) is 0 Å². The fourth-order valence-electron chi connectivity index (χ4n) is 1.59. The van der Waals surface area contributed by atoms with E-state index in [1.165, 1.54) is 0 Å². The van der Waals surface area contributed by atoms with Crippen LogP contribution in [0.5, 0.6) is 0 Å². The minimum Gasteiger partial charge on any atom is -0.397 e. The number of pyridine rings is 1. The number of aromatic nitrogens is 1. The Morgan fingerprint density at radius 3 is 2.53 bits per heavy atom. The summed E-state index contributed by atoms with van der Waals surface area (Å²) < 4.78 is 1.04. The first-order valence-electron chi connectivity index (χ1n) is 5.31. The van der Waals surface area contributed by atoms with Gasteiger partial charge in [-0.1, -0.05) is 12.1 Å². The summed E-state index contributed by atoms with van der Waals surface area (Å²) in [5.41, 5.74) is 8.41. The van der Waals surface area contributed by atoms with E-state index < -0.39 is 0 Å². The summed E-state index contributed by atoms with van der Waals surface area (Å²) in [5.74, 6) is 0.878. The molecule has 2 rings (SSSR count). The van der Waals surface area contributed by atoms with Gasteiger partial charge in [-0.3, -0.25) is 0 Å². The van der Waals surface area contributed by atoms with Crippen molar-refractivity contribution < 1.29 is 0 Å². The molecule has 0 bridgehead atoms. The number of para-hydroxylation sites is 1. The van der Waals surface area contributed by atoms with Crippen LogP contribution in [-0.4, -0.2) is 12.0 Å². The largest absolute Gasteiger partial charge is 0.397 e. The predicted octanol–water partition coefficient (Wildman–Crippen LogP) is 3.50. The van der Waals surface area contributed by atoms with Gasteiger partial charge in [-0.15, -0.1) is 0 Å². The Hall–Kier alpha value is -1.55. The molecule has 4 heteroatoms. The molecular weight excluding hydrogens is 278 g/mol. The van der Waals surface area contributed by atoms with E-state index >= 15 is 0 Å². The van der Waals surface area contributed by atoms with Gasteiger partial charge in [0.15, 0.2) is 0 Å². The van der Waals surface area contributed by atoms with Crippen LogP contribution in [0.25, 0.3) is 0 Å². The Balaban J connectivity index is 2.40. The zero-order valence-electron chi connectivity index (χ0n) is 9.81. The maximum atomic E-state index is 5.77. The Kier molecular flexibility index (Phi) is 3.33. The zero-order valence-corrected chi connectivity index (χ0v) is 11.4. The van der Waals surface area contributed by atoms with Gasteiger partial charge in [-0.25, -0.2) is 4.98 Å². The minimum atomic E-state index is 0.717. The molecule has 0 saturated heterocycles. The first-order valence-corrected chi connectivity index (χ1v) is 6.10. The SMILES string of the molecule is Cc1nc(N(C)c2ccccc2Br)ccc1N. The van der Waals surface area contributed by atoms with Gasteiger partial charge in [0.25, 0.3) is 0 Å². The number of nitrogen functional groups attached to an aromatic ring is 1. The first kappa shape index (κ1) is 11.9. The molecule has 2 N–H and O–H groups in total. The van der Waals surface area contributed by atoms with Gasteiger partial charge < -0.3 is 10.6 Å². The predicted molar refractivity (Wildman–Crippen MR) is 75.6 cm³/mol. The van der Waals surface area contributed by atoms with Crippen molar-refractivity contribution in [1.82, 2.24) is 4.98 Å². The van der Waals surface area contributed by atoms with Crippen LogP contribution >= 0.6 is 15.9 Å². The lowest BCUT2D eigenvalue weighted by molar-refractivity contribution is 1.09. The Labute approximate surface area is 109 Å². The van der Waals surface area contributed by atoms with Crippen molar-refractivity contribution in [1.29, 1.82) is 0 Å². The smallest absolute Gasteiger partial charge is 0.133 e. The summed E-state index contributed by atoms with van der Waals surface area (Å²) in [7, 11) is 1.98. The summed E-state index contributed by atoms with van der Waals surface area (Å²) in [6.45, 7) is 1.91. The van der Waals surface area contributed by atoms with E-state index in [1.54, 1.807) is 0 Å². The van der Waals surface area contributed by atoms with Gasteiger partial charge in [-0.05, 0) is 47.1 Å². The van der Waals surface area contributed by atoms with Gasteiger partial charge in [0.2, 0.25) is 0 Å². The van der Waals surface area contributed by atoms with Crippen LogP contribution in [0.1, 0.15) is 5.69 Å². The molecule has 0 saturated carbocycles. The van der Waals surface area contributed by atoms with Crippen molar-refractivity contribution in [3.8, 4) is 0 Å². The van der Waals surface area contributed by atoms with Crippen LogP contribution in [0.2, 0.25) is 0 Å². The Morgan fingerprint density at radius 2 is 1.88 bits per heavy atom. The number of benzene rings is 1. The second-order valence-corrected chi connectivity index (χ2v) is 4.71. The van der Waals surface area contributed by atoms with E-state index in [2.05, 4.69) is 20.9 Å². The second-order valence-electron chi connectivity index (χ2n) is 3.85. The van der Waals surface area contributed by atoms with Crippen LogP contribution in [0.3, 0.4) is 0 Å². The molecule has 17 heavy (non-hydrogen) atoms. The Morgan fingerprint density at radius 1 is 1.18 bits per heavy atom. The normalized spacial score (nSPS) is 10.3. The van der Waals surface area contributed by atoms with Gasteiger partial charge in [0.05, 0.1) is 17.1 Å². The molecule has 0 aliphatic heterocycles. The van der Waals surface area contributed by atoms with E-state index in [4.69, 9.17) is 5.73 Å². The number of hydrogen-bond acceptors (Lipinski definition) is 3. The van der Waals surface area contributed by atoms with E-state index in [9.17, 15) is 0 Å². The van der Waals surface area contributed by atoms with Gasteiger partial charge in [0.1, 0.15) is 5.82 Å². The standard InChI is InChI=1S/C13H14BrN3/c1-9-11(15)7-8-13(16-9)17(2)12-6-4-3-5-10(12)14/h3-8H,15H2,1-2H3. The van der Waals surface area contributed by atoms with Gasteiger partial charge in [0, 0.05) is 11.5 Å². The molecule has 0 spiro atoms. The van der Waals surface area contributed by atoms with Gasteiger partial charge >= 0.3 is 0 Å². The minimum absolute atomic E-state index is 0.717. The molecule has 0 amide bonds. The lowest BCUT2D eigenvalue weighted by Crippen LogP contribution is -2.12. The van der Waals surface area contributed by atoms with Crippen molar-refractivity contribution in [3.05, 3.63) is 46.6 Å². The summed E-state index contributed by atoms with van der Waals surface area (Å²) in [6.07, 6.45) is 0. The third-order valence-corrected chi connectivity index (χ3v) is 3.34. The van der Waals surface area contributed by atoms with Crippen LogP contribution in [0.4, 0.5) is 17.2 Å². The maximum absolute atomic E-state index is 5.77. The molecule has 1 aromatic carbocycles. The van der Waals surface area contributed by atoms with Crippen LogP contribution in [0, 0.1) is 6.92 Å². The third-order valence-electron chi connectivity index (χ3n) is 2.67. The number of nitrogens with zero attached hydrogens (tertiary/aromatic N) is 2. The van der Waals surface area contributed by atoms with E-state index in [0.717, 1.165) is 21.7 Å². The molecule has 0 atom stereocenters. The average molecular weight is 292 g/mol. The van der Waals surface area contributed by atoms with E-state index in [0.29, 0.717) is 5.69 Å². The number of hydrogen-bond donors (Lipinski definition) is 1. The van der Waals surface area contributed by atoms with Crippen molar-refractivity contribution in [2.75, 3.05) is 17.7 Å². The molecule has 2 aromatic rings. The lowest BCUT2D eigenvalue weighted by atomic mass is 10.2.